The molecule has 2 aromatic heterocycles. The van der Waals surface area contributed by atoms with Crippen LogP contribution in [0.3, 0.4) is 0 Å². The topological polar surface area (TPSA) is 69.8 Å². The van der Waals surface area contributed by atoms with Gasteiger partial charge < -0.3 is 15.6 Å². The van der Waals surface area contributed by atoms with Gasteiger partial charge in [-0.2, -0.15) is 0 Å². The van der Waals surface area contributed by atoms with Crippen molar-refractivity contribution in [1.29, 1.82) is 0 Å². The molecule has 0 radical (unpaired) electrons. The van der Waals surface area contributed by atoms with E-state index in [4.69, 9.17) is 0 Å². The van der Waals surface area contributed by atoms with E-state index < -0.39 is 0 Å². The van der Waals surface area contributed by atoms with Crippen LogP contribution in [-0.4, -0.2) is 22.4 Å². The van der Waals surface area contributed by atoms with Gasteiger partial charge in [0.2, 0.25) is 0 Å². The highest BCUT2D eigenvalue weighted by Crippen LogP contribution is 2.35. The number of nitrogens with one attached hydrogen (secondary N) is 3. The summed E-state index contributed by atoms with van der Waals surface area (Å²) in [5.74, 6) is -0.0513. The largest absolute Gasteiger partial charge is 0.357 e. The number of hydrogen-bond donors (Lipinski definition) is 3. The third-order valence-corrected chi connectivity index (χ3v) is 6.77. The first-order valence-corrected chi connectivity index (χ1v) is 12.4. The molecule has 2 heterocycles. The average molecular weight is 453 g/mol. The second-order valence-electron chi connectivity index (χ2n) is 9.16. The van der Waals surface area contributed by atoms with Crippen molar-refractivity contribution in [1.82, 2.24) is 20.6 Å². The summed E-state index contributed by atoms with van der Waals surface area (Å²) in [6, 6.07) is 20.9. The zero-order valence-corrected chi connectivity index (χ0v) is 19.5. The normalized spacial score (nSPS) is 15.2. The zero-order valence-electron chi connectivity index (χ0n) is 19.5. The molecule has 2 aromatic carbocycles. The number of carbonyl (C=O) groups is 1. The number of fused-ring (bicyclic) bond motifs is 3. The minimum atomic E-state index is -0.0513. The minimum absolute atomic E-state index is 0.0513. The van der Waals surface area contributed by atoms with Gasteiger partial charge in [-0.1, -0.05) is 36.4 Å². The van der Waals surface area contributed by atoms with Crippen LogP contribution in [0.5, 0.6) is 0 Å². The van der Waals surface area contributed by atoms with Crippen LogP contribution in [0.2, 0.25) is 0 Å². The smallest absolute Gasteiger partial charge is 0.251 e. The molecule has 5 heteroatoms. The molecule has 5 nitrogen and oxygen atoms in total. The van der Waals surface area contributed by atoms with E-state index in [0.29, 0.717) is 18.2 Å². The van der Waals surface area contributed by atoms with Gasteiger partial charge in [-0.05, 0) is 86.0 Å². The molecule has 1 aliphatic carbocycles. The standard InChI is InChI=1S/C29H32N4O/c34-29(32-20-22-11-7-16-30-19-22)23-14-15-26-25(18-23)24-12-6-13-27(28(24)33-26)31-17-5-4-10-21-8-2-1-3-9-21/h1-3,7-9,11,14-16,18-19,27,31,33H,4-6,10,12-13,17,20H2,(H,32,34). The van der Waals surface area contributed by atoms with Crippen LogP contribution < -0.4 is 10.6 Å². The first kappa shape index (κ1) is 22.4. The Bertz CT molecular complexity index is 1230. The fourth-order valence-electron chi connectivity index (χ4n) is 4.97. The minimum Gasteiger partial charge on any atom is -0.357 e. The predicted molar refractivity (Wildman–Crippen MR) is 137 cm³/mol. The van der Waals surface area contributed by atoms with Gasteiger partial charge in [0.25, 0.3) is 5.91 Å². The molecular formula is C29H32N4O. The first-order valence-electron chi connectivity index (χ1n) is 12.4. The van der Waals surface area contributed by atoms with E-state index >= 15 is 0 Å². The molecule has 174 valence electrons. The summed E-state index contributed by atoms with van der Waals surface area (Å²) in [5.41, 5.74) is 6.90. The summed E-state index contributed by atoms with van der Waals surface area (Å²) in [4.78, 5) is 20.5. The summed E-state index contributed by atoms with van der Waals surface area (Å²) in [6.07, 6.45) is 10.4. The molecule has 1 aliphatic rings. The Hall–Kier alpha value is -3.44. The van der Waals surface area contributed by atoms with Crippen molar-refractivity contribution in [3.05, 3.63) is 101 Å². The van der Waals surface area contributed by atoms with Crippen molar-refractivity contribution >= 4 is 16.8 Å². The van der Waals surface area contributed by atoms with Crippen molar-refractivity contribution in [2.24, 2.45) is 0 Å². The van der Waals surface area contributed by atoms with Gasteiger partial charge in [-0.25, -0.2) is 0 Å². The van der Waals surface area contributed by atoms with Crippen LogP contribution in [0, 0.1) is 0 Å². The maximum absolute atomic E-state index is 12.8. The molecule has 5 rings (SSSR count). The van der Waals surface area contributed by atoms with Gasteiger partial charge >= 0.3 is 0 Å². The molecular weight excluding hydrogens is 420 g/mol. The average Bonchev–Trinajstić information content (AvgIpc) is 3.27. The number of H-pyrrole nitrogens is 1. The van der Waals surface area contributed by atoms with Gasteiger partial charge in [-0.15, -0.1) is 0 Å². The molecule has 1 amide bonds. The molecule has 0 saturated heterocycles. The van der Waals surface area contributed by atoms with Gasteiger partial charge in [0.05, 0.1) is 0 Å². The maximum Gasteiger partial charge on any atom is 0.251 e. The highest BCUT2D eigenvalue weighted by Gasteiger charge is 2.24. The van der Waals surface area contributed by atoms with Gasteiger partial charge in [0, 0.05) is 47.1 Å². The van der Waals surface area contributed by atoms with E-state index in [0.717, 1.165) is 36.9 Å². The molecule has 0 saturated carbocycles. The summed E-state index contributed by atoms with van der Waals surface area (Å²) in [6.45, 7) is 1.50. The predicted octanol–water partition coefficient (Wildman–Crippen LogP) is 5.48. The number of aromatic nitrogens is 2. The second-order valence-corrected chi connectivity index (χ2v) is 9.16. The lowest BCUT2D eigenvalue weighted by Crippen LogP contribution is -2.26. The lowest BCUT2D eigenvalue weighted by atomic mass is 9.91. The van der Waals surface area contributed by atoms with Crippen molar-refractivity contribution < 1.29 is 4.79 Å². The van der Waals surface area contributed by atoms with Gasteiger partial charge in [0.1, 0.15) is 0 Å². The number of amides is 1. The molecule has 34 heavy (non-hydrogen) atoms. The zero-order chi connectivity index (χ0) is 23.2. The van der Waals surface area contributed by atoms with Crippen LogP contribution in [-0.2, 0) is 19.4 Å². The monoisotopic (exact) mass is 452 g/mol. The van der Waals surface area contributed by atoms with E-state index in [1.165, 1.54) is 41.5 Å². The maximum atomic E-state index is 12.8. The first-order chi connectivity index (χ1) is 16.8. The Morgan fingerprint density at radius 1 is 1.03 bits per heavy atom. The van der Waals surface area contributed by atoms with Crippen LogP contribution in [0.15, 0.2) is 73.1 Å². The second kappa shape index (κ2) is 10.7. The van der Waals surface area contributed by atoms with E-state index in [9.17, 15) is 4.79 Å². The summed E-state index contributed by atoms with van der Waals surface area (Å²) in [7, 11) is 0. The number of rotatable bonds is 9. The van der Waals surface area contributed by atoms with E-state index in [-0.39, 0.29) is 5.91 Å². The third-order valence-electron chi connectivity index (χ3n) is 6.77. The van der Waals surface area contributed by atoms with Crippen molar-refractivity contribution in [3.8, 4) is 0 Å². The Labute approximate surface area is 201 Å². The molecule has 3 N–H and O–H groups in total. The Kier molecular flexibility index (Phi) is 7.01. The number of aromatic amines is 1. The van der Waals surface area contributed by atoms with Crippen molar-refractivity contribution in [3.63, 3.8) is 0 Å². The van der Waals surface area contributed by atoms with E-state index in [1.54, 1.807) is 12.4 Å². The third kappa shape index (κ3) is 5.20. The Balaban J connectivity index is 1.21. The summed E-state index contributed by atoms with van der Waals surface area (Å²) in [5, 5.41) is 7.98. The molecule has 0 bridgehead atoms. The fourth-order valence-corrected chi connectivity index (χ4v) is 4.97. The quantitative estimate of drug-likeness (QED) is 0.294. The van der Waals surface area contributed by atoms with Gasteiger partial charge in [-0.3, -0.25) is 9.78 Å². The van der Waals surface area contributed by atoms with Crippen LogP contribution >= 0.6 is 0 Å². The number of nitrogens with zero attached hydrogens (tertiary/aromatic N) is 1. The van der Waals surface area contributed by atoms with Gasteiger partial charge in [0.15, 0.2) is 0 Å². The van der Waals surface area contributed by atoms with Crippen molar-refractivity contribution in [2.75, 3.05) is 6.54 Å². The SMILES string of the molecule is O=C(NCc1cccnc1)c1ccc2[nH]c3c(c2c1)CCCC3NCCCCc1ccccc1. The van der Waals surface area contributed by atoms with Crippen molar-refractivity contribution in [2.45, 2.75) is 51.1 Å². The van der Waals surface area contributed by atoms with Crippen LogP contribution in [0.4, 0.5) is 0 Å². The molecule has 0 aliphatic heterocycles. The molecule has 4 aromatic rings. The molecule has 0 spiro atoms. The van der Waals surface area contributed by atoms with E-state index in [2.05, 4.69) is 50.9 Å². The Morgan fingerprint density at radius 3 is 2.76 bits per heavy atom. The number of carbonyl (C=O) groups excluding carboxylic acids is 1. The lowest BCUT2D eigenvalue weighted by molar-refractivity contribution is 0.0951. The summed E-state index contributed by atoms with van der Waals surface area (Å²) >= 11 is 0. The molecule has 1 unspecified atom stereocenters. The Morgan fingerprint density at radius 2 is 1.91 bits per heavy atom. The number of benzene rings is 2. The number of pyridine rings is 1. The number of aryl methyl sites for hydroxylation is 2. The highest BCUT2D eigenvalue weighted by molar-refractivity contribution is 5.99. The fraction of sp³-hybridized carbons (Fsp3) is 0.310. The number of unbranched alkanes of at least 4 members (excludes halogenated alkanes) is 1. The molecule has 0 fully saturated rings. The lowest BCUT2D eigenvalue weighted by Gasteiger charge is -2.24. The summed E-state index contributed by atoms with van der Waals surface area (Å²) < 4.78 is 0. The highest BCUT2D eigenvalue weighted by atomic mass is 16.1. The number of hydrogen-bond acceptors (Lipinski definition) is 3. The van der Waals surface area contributed by atoms with E-state index in [1.807, 2.05) is 30.3 Å². The van der Waals surface area contributed by atoms with Crippen LogP contribution in [0.1, 0.15) is 64.5 Å². The molecule has 1 atom stereocenters. The van der Waals surface area contributed by atoms with Crippen LogP contribution in [0.25, 0.3) is 10.9 Å².